The fourth-order valence-electron chi connectivity index (χ4n) is 3.37. The quantitative estimate of drug-likeness (QED) is 0.726. The summed E-state index contributed by atoms with van der Waals surface area (Å²) in [6.45, 7) is 9.51. The molecule has 0 radical (unpaired) electrons. The van der Waals surface area contributed by atoms with Crippen LogP contribution in [0.15, 0.2) is 23.7 Å². The topological polar surface area (TPSA) is 18.5 Å². The molecule has 1 aliphatic heterocycles. The SMILES string of the molecule is CCCC[B-]1(/C=C/C2=CCCCC2)OC(C)(C)C(C)(C)O1.[Li+]. The summed E-state index contributed by atoms with van der Waals surface area (Å²) in [6, 6.07) is 0. The van der Waals surface area contributed by atoms with Gasteiger partial charge < -0.3 is 9.31 Å². The van der Waals surface area contributed by atoms with Gasteiger partial charge in [-0.2, -0.15) is 5.98 Å². The first kappa shape index (κ1) is 20.1. The maximum absolute atomic E-state index is 6.47. The van der Waals surface area contributed by atoms with Crippen LogP contribution in [0.4, 0.5) is 0 Å². The maximum atomic E-state index is 6.47. The van der Waals surface area contributed by atoms with Gasteiger partial charge in [0.25, 0.3) is 6.55 Å². The van der Waals surface area contributed by atoms with Crippen molar-refractivity contribution in [2.24, 2.45) is 0 Å². The number of allylic oxidation sites excluding steroid dienone is 3. The van der Waals surface area contributed by atoms with Crippen LogP contribution in [0.25, 0.3) is 0 Å². The fraction of sp³-hybridized carbons (Fsp3) is 0.778. The largest absolute Gasteiger partial charge is 1.00 e. The molecule has 1 aliphatic carbocycles. The molecule has 0 N–H and O–H groups in total. The molecule has 0 aromatic rings. The van der Waals surface area contributed by atoms with Crippen molar-refractivity contribution in [2.45, 2.75) is 90.7 Å². The van der Waals surface area contributed by atoms with E-state index in [2.05, 4.69) is 52.7 Å². The van der Waals surface area contributed by atoms with Crippen LogP contribution >= 0.6 is 0 Å². The van der Waals surface area contributed by atoms with Crippen LogP contribution in [0.5, 0.6) is 0 Å². The molecule has 120 valence electrons. The van der Waals surface area contributed by atoms with Crippen molar-refractivity contribution >= 4 is 6.55 Å². The Morgan fingerprint density at radius 3 is 2.27 bits per heavy atom. The first-order valence-corrected chi connectivity index (χ1v) is 8.75. The molecule has 1 heterocycles. The zero-order valence-corrected chi connectivity index (χ0v) is 15.6. The predicted molar refractivity (Wildman–Crippen MR) is 91.5 cm³/mol. The Kier molecular flexibility index (Phi) is 7.09. The summed E-state index contributed by atoms with van der Waals surface area (Å²) in [4.78, 5) is 0. The van der Waals surface area contributed by atoms with E-state index >= 15 is 0 Å². The molecule has 4 heteroatoms. The molecule has 2 aliphatic rings. The molecule has 1 fully saturated rings. The van der Waals surface area contributed by atoms with Crippen LogP contribution < -0.4 is 18.9 Å². The van der Waals surface area contributed by atoms with Crippen LogP contribution in [0, 0.1) is 0 Å². The molecule has 0 atom stereocenters. The molecule has 0 spiro atoms. The summed E-state index contributed by atoms with van der Waals surface area (Å²) < 4.78 is 12.9. The minimum absolute atomic E-state index is 0. The zero-order chi connectivity index (χ0) is 15.6. The van der Waals surface area contributed by atoms with Gasteiger partial charge in [-0.25, -0.2) is 0 Å². The van der Waals surface area contributed by atoms with Crippen LogP contribution in [0.1, 0.15) is 73.1 Å². The third kappa shape index (κ3) is 4.54. The molecule has 0 saturated carbocycles. The molecular formula is C18H32BLiO2. The Bertz CT molecular complexity index is 411. The van der Waals surface area contributed by atoms with Crippen molar-refractivity contribution in [1.82, 2.24) is 0 Å². The number of hydrogen-bond donors (Lipinski definition) is 0. The van der Waals surface area contributed by atoms with E-state index in [0.717, 1.165) is 12.7 Å². The van der Waals surface area contributed by atoms with Crippen molar-refractivity contribution in [3.63, 3.8) is 0 Å². The summed E-state index contributed by atoms with van der Waals surface area (Å²) in [6.07, 6.45) is 13.0. The fourth-order valence-corrected chi connectivity index (χ4v) is 3.37. The number of unbranched alkanes of at least 4 members (excludes halogenated alkanes) is 1. The normalized spacial score (nSPS) is 25.8. The molecule has 1 saturated heterocycles. The molecule has 0 unspecified atom stereocenters. The molecule has 0 bridgehead atoms. The van der Waals surface area contributed by atoms with Crippen molar-refractivity contribution < 1.29 is 28.2 Å². The molecule has 2 nitrogen and oxygen atoms in total. The third-order valence-electron chi connectivity index (χ3n) is 5.33. The predicted octanol–water partition coefficient (Wildman–Crippen LogP) is 2.43. The van der Waals surface area contributed by atoms with Crippen LogP contribution in [-0.2, 0) is 9.31 Å². The number of rotatable bonds is 5. The van der Waals surface area contributed by atoms with Crippen molar-refractivity contribution in [2.75, 3.05) is 0 Å². The van der Waals surface area contributed by atoms with Crippen LogP contribution in [0.2, 0.25) is 6.32 Å². The molecular weight excluding hydrogens is 266 g/mol. The van der Waals surface area contributed by atoms with E-state index in [4.69, 9.17) is 9.31 Å². The first-order chi connectivity index (χ1) is 9.80. The first-order valence-electron chi connectivity index (χ1n) is 8.75. The van der Waals surface area contributed by atoms with E-state index in [1.165, 1.54) is 37.7 Å². The van der Waals surface area contributed by atoms with Gasteiger partial charge in [-0.15, -0.1) is 6.32 Å². The average molecular weight is 298 g/mol. The van der Waals surface area contributed by atoms with E-state index < -0.39 is 6.55 Å². The van der Waals surface area contributed by atoms with Crippen molar-refractivity contribution in [3.05, 3.63) is 23.7 Å². The van der Waals surface area contributed by atoms with Crippen molar-refractivity contribution in [1.29, 1.82) is 0 Å². The van der Waals surface area contributed by atoms with Crippen LogP contribution in [0.3, 0.4) is 0 Å². The summed E-state index contributed by atoms with van der Waals surface area (Å²) in [5.74, 6) is 2.24. The van der Waals surface area contributed by atoms with E-state index in [-0.39, 0.29) is 30.1 Å². The monoisotopic (exact) mass is 298 g/mol. The smallest absolute Gasteiger partial charge is 0.558 e. The summed E-state index contributed by atoms with van der Waals surface area (Å²) >= 11 is 0. The van der Waals surface area contributed by atoms with Crippen LogP contribution in [-0.4, -0.2) is 17.8 Å². The standard InChI is InChI=1S/C18H32BO2.Li/c1-6-7-14-19(15-13-16-11-9-8-10-12-16)20-17(2,3)18(4,5)21-19;/h11,13,15H,6-10,12,14H2,1-5H3;/q-1;+1/b15-13+;. The van der Waals surface area contributed by atoms with E-state index in [0.29, 0.717) is 0 Å². The Morgan fingerprint density at radius 1 is 1.14 bits per heavy atom. The zero-order valence-electron chi connectivity index (χ0n) is 15.6. The Morgan fingerprint density at radius 2 is 1.77 bits per heavy atom. The molecule has 0 aromatic carbocycles. The van der Waals surface area contributed by atoms with Gasteiger partial charge in [-0.1, -0.05) is 37.5 Å². The summed E-state index contributed by atoms with van der Waals surface area (Å²) in [7, 11) is 0. The Hall–Kier alpha value is 0.0623. The third-order valence-corrected chi connectivity index (χ3v) is 5.33. The summed E-state index contributed by atoms with van der Waals surface area (Å²) in [5, 5.41) is 0. The average Bonchev–Trinajstić information content (AvgIpc) is 2.61. The second-order valence-corrected chi connectivity index (χ2v) is 7.72. The van der Waals surface area contributed by atoms with E-state index in [1.807, 2.05) is 0 Å². The van der Waals surface area contributed by atoms with Crippen molar-refractivity contribution in [3.8, 4) is 0 Å². The van der Waals surface area contributed by atoms with Gasteiger partial charge in [0.1, 0.15) is 0 Å². The van der Waals surface area contributed by atoms with E-state index in [9.17, 15) is 0 Å². The minimum Gasteiger partial charge on any atom is -0.558 e. The Labute approximate surface area is 149 Å². The number of hydrogen-bond acceptors (Lipinski definition) is 2. The molecule has 0 aromatic heterocycles. The van der Waals surface area contributed by atoms with Gasteiger partial charge in [0, 0.05) is 11.2 Å². The van der Waals surface area contributed by atoms with Gasteiger partial charge in [-0.05, 0) is 53.4 Å². The minimum atomic E-state index is -1.31. The van der Waals surface area contributed by atoms with E-state index in [1.54, 1.807) is 0 Å². The van der Waals surface area contributed by atoms with Gasteiger partial charge >= 0.3 is 18.9 Å². The van der Waals surface area contributed by atoms with Gasteiger partial charge in [0.15, 0.2) is 0 Å². The second-order valence-electron chi connectivity index (χ2n) is 7.72. The molecule has 22 heavy (non-hydrogen) atoms. The van der Waals surface area contributed by atoms with Gasteiger partial charge in [0.05, 0.1) is 0 Å². The van der Waals surface area contributed by atoms with Gasteiger partial charge in [0.2, 0.25) is 0 Å². The second kappa shape index (κ2) is 7.76. The van der Waals surface area contributed by atoms with Gasteiger partial charge in [-0.3, -0.25) is 0 Å². The maximum Gasteiger partial charge on any atom is 1.00 e. The Balaban J connectivity index is 0.00000242. The molecule has 2 rings (SSSR count). The summed E-state index contributed by atoms with van der Waals surface area (Å²) in [5.41, 5.74) is 0.964. The molecule has 0 amide bonds.